The van der Waals surface area contributed by atoms with Gasteiger partial charge >= 0.3 is 0 Å². The van der Waals surface area contributed by atoms with E-state index in [1.165, 1.54) is 16.7 Å². The molecule has 4 rings (SSSR count). The highest BCUT2D eigenvalue weighted by molar-refractivity contribution is 5.95. The molecule has 2 aromatic carbocycles. The van der Waals surface area contributed by atoms with Gasteiger partial charge in [0, 0.05) is 23.1 Å². The first-order chi connectivity index (χ1) is 14.8. The van der Waals surface area contributed by atoms with Crippen molar-refractivity contribution in [2.75, 3.05) is 5.32 Å². The van der Waals surface area contributed by atoms with E-state index in [1.54, 1.807) is 31.2 Å². The van der Waals surface area contributed by atoms with Gasteiger partial charge in [0.15, 0.2) is 5.82 Å². The minimum atomic E-state index is -0.442. The molecule has 4 aromatic rings. The number of anilines is 1. The fraction of sp³-hybridized carbons (Fsp3) is 0.217. The zero-order chi connectivity index (χ0) is 22.1. The zero-order valence-electron chi connectivity index (χ0n) is 17.3. The number of pyridine rings is 1. The molecule has 0 radical (unpaired) electrons. The van der Waals surface area contributed by atoms with Crippen LogP contribution in [0.3, 0.4) is 0 Å². The predicted octanol–water partition coefficient (Wildman–Crippen LogP) is 4.26. The summed E-state index contributed by atoms with van der Waals surface area (Å²) in [6, 6.07) is 13.0. The number of nitrogens with zero attached hydrogens (tertiary/aromatic N) is 3. The third kappa shape index (κ3) is 4.09. The van der Waals surface area contributed by atoms with E-state index < -0.39 is 11.7 Å². The Hall–Kier alpha value is -3.81. The number of benzene rings is 2. The lowest BCUT2D eigenvalue weighted by Gasteiger charge is -2.12. The monoisotopic (exact) mass is 420 g/mol. The van der Waals surface area contributed by atoms with Crippen LogP contribution in [0.4, 0.5) is 10.1 Å². The van der Waals surface area contributed by atoms with Crippen LogP contribution < -0.4 is 10.9 Å². The molecule has 0 spiro atoms. The number of rotatable bonds is 5. The van der Waals surface area contributed by atoms with Gasteiger partial charge in [0.25, 0.3) is 11.4 Å². The molecule has 8 heteroatoms. The van der Waals surface area contributed by atoms with Gasteiger partial charge < -0.3 is 9.84 Å². The summed E-state index contributed by atoms with van der Waals surface area (Å²) in [5.41, 5.74) is 1.49. The molecule has 0 bridgehead atoms. The van der Waals surface area contributed by atoms with Crippen molar-refractivity contribution in [3.8, 4) is 11.5 Å². The number of amides is 1. The van der Waals surface area contributed by atoms with E-state index in [9.17, 15) is 14.0 Å². The highest BCUT2D eigenvalue weighted by Crippen LogP contribution is 2.27. The van der Waals surface area contributed by atoms with Gasteiger partial charge in [-0.2, -0.15) is 4.98 Å². The zero-order valence-corrected chi connectivity index (χ0v) is 17.3. The van der Waals surface area contributed by atoms with Gasteiger partial charge in [-0.25, -0.2) is 4.39 Å². The van der Waals surface area contributed by atoms with Crippen LogP contribution in [0.2, 0.25) is 0 Å². The number of para-hydroxylation sites is 1. The van der Waals surface area contributed by atoms with Crippen LogP contribution in [0.5, 0.6) is 0 Å². The molecule has 1 N–H and O–H groups in total. The number of halogens is 1. The Labute approximate surface area is 177 Å². The molecule has 0 unspecified atom stereocenters. The van der Waals surface area contributed by atoms with Crippen molar-refractivity contribution < 1.29 is 13.7 Å². The van der Waals surface area contributed by atoms with E-state index in [-0.39, 0.29) is 23.9 Å². The van der Waals surface area contributed by atoms with E-state index in [0.29, 0.717) is 33.5 Å². The fourth-order valence-electron chi connectivity index (χ4n) is 3.27. The number of carbonyl (C=O) groups is 1. The quantitative estimate of drug-likeness (QED) is 0.521. The van der Waals surface area contributed by atoms with Crippen molar-refractivity contribution >= 4 is 22.5 Å². The second-order valence-electron chi connectivity index (χ2n) is 7.62. The lowest BCUT2D eigenvalue weighted by atomic mass is 10.1. The molecule has 158 valence electrons. The van der Waals surface area contributed by atoms with Crippen molar-refractivity contribution in [3.05, 3.63) is 76.1 Å². The van der Waals surface area contributed by atoms with Gasteiger partial charge in [0.05, 0.1) is 11.1 Å². The molecule has 0 saturated heterocycles. The molecule has 0 saturated carbocycles. The smallest absolute Gasteiger partial charge is 0.258 e. The van der Waals surface area contributed by atoms with Crippen LogP contribution >= 0.6 is 0 Å². The second kappa shape index (κ2) is 8.14. The van der Waals surface area contributed by atoms with Crippen LogP contribution in [0.15, 0.2) is 57.8 Å². The SMILES string of the molecule is Cc1ccc(NC(=O)Cn2c(=O)cc(-c3nc(C(C)C)no3)c3ccccc32)cc1F. The molecule has 2 aromatic heterocycles. The lowest BCUT2D eigenvalue weighted by molar-refractivity contribution is -0.116. The number of hydrogen-bond acceptors (Lipinski definition) is 5. The first kappa shape index (κ1) is 20.5. The molecule has 31 heavy (non-hydrogen) atoms. The van der Waals surface area contributed by atoms with Gasteiger partial charge in [0.2, 0.25) is 5.91 Å². The Morgan fingerprint density at radius 3 is 2.68 bits per heavy atom. The highest BCUT2D eigenvalue weighted by Gasteiger charge is 2.18. The Balaban J connectivity index is 1.70. The van der Waals surface area contributed by atoms with Gasteiger partial charge in [-0.3, -0.25) is 14.2 Å². The van der Waals surface area contributed by atoms with Crippen LogP contribution in [-0.4, -0.2) is 20.6 Å². The summed E-state index contributed by atoms with van der Waals surface area (Å²) in [5, 5.41) is 7.31. The summed E-state index contributed by atoms with van der Waals surface area (Å²) in [6.07, 6.45) is 0. The third-order valence-electron chi connectivity index (χ3n) is 4.96. The summed E-state index contributed by atoms with van der Waals surface area (Å²) >= 11 is 0. The molecular formula is C23H21FN4O3. The maximum atomic E-state index is 13.8. The van der Waals surface area contributed by atoms with Gasteiger partial charge in [-0.15, -0.1) is 0 Å². The van der Waals surface area contributed by atoms with E-state index in [1.807, 2.05) is 26.0 Å². The first-order valence-corrected chi connectivity index (χ1v) is 9.86. The van der Waals surface area contributed by atoms with E-state index >= 15 is 0 Å². The summed E-state index contributed by atoms with van der Waals surface area (Å²) in [6.45, 7) is 5.31. The van der Waals surface area contributed by atoms with Crippen LogP contribution in [0.1, 0.15) is 31.2 Å². The van der Waals surface area contributed by atoms with Gasteiger partial charge in [0.1, 0.15) is 12.4 Å². The van der Waals surface area contributed by atoms with Crippen molar-refractivity contribution in [1.82, 2.24) is 14.7 Å². The lowest BCUT2D eigenvalue weighted by Crippen LogP contribution is -2.27. The average molecular weight is 420 g/mol. The molecule has 0 atom stereocenters. The number of fused-ring (bicyclic) bond motifs is 1. The van der Waals surface area contributed by atoms with E-state index in [0.717, 1.165) is 0 Å². The first-order valence-electron chi connectivity index (χ1n) is 9.86. The third-order valence-corrected chi connectivity index (χ3v) is 4.96. The van der Waals surface area contributed by atoms with Crippen molar-refractivity contribution in [2.45, 2.75) is 33.2 Å². The van der Waals surface area contributed by atoms with Crippen molar-refractivity contribution in [2.24, 2.45) is 0 Å². The van der Waals surface area contributed by atoms with Crippen LogP contribution in [-0.2, 0) is 11.3 Å². The van der Waals surface area contributed by atoms with Crippen LogP contribution in [0, 0.1) is 12.7 Å². The van der Waals surface area contributed by atoms with E-state index in [4.69, 9.17) is 4.52 Å². The Morgan fingerprint density at radius 2 is 1.97 bits per heavy atom. The molecule has 7 nitrogen and oxygen atoms in total. The largest absolute Gasteiger partial charge is 0.334 e. The number of carbonyl (C=O) groups excluding carboxylic acids is 1. The molecule has 2 heterocycles. The minimum Gasteiger partial charge on any atom is -0.334 e. The maximum absolute atomic E-state index is 13.8. The molecule has 0 aliphatic heterocycles. The number of aromatic nitrogens is 3. The predicted molar refractivity (Wildman–Crippen MR) is 115 cm³/mol. The number of nitrogens with one attached hydrogen (secondary N) is 1. The van der Waals surface area contributed by atoms with Gasteiger partial charge in [-0.05, 0) is 30.7 Å². The number of hydrogen-bond donors (Lipinski definition) is 1. The Bertz CT molecular complexity index is 1340. The van der Waals surface area contributed by atoms with E-state index in [2.05, 4.69) is 15.5 Å². The molecule has 0 aliphatic rings. The summed E-state index contributed by atoms with van der Waals surface area (Å²) in [5.74, 6) is 0.0318. The average Bonchev–Trinajstić information content (AvgIpc) is 3.23. The summed E-state index contributed by atoms with van der Waals surface area (Å²) in [4.78, 5) is 29.9. The maximum Gasteiger partial charge on any atom is 0.258 e. The fourth-order valence-corrected chi connectivity index (χ4v) is 3.27. The molecule has 1 amide bonds. The Morgan fingerprint density at radius 1 is 1.19 bits per heavy atom. The van der Waals surface area contributed by atoms with Crippen molar-refractivity contribution in [1.29, 1.82) is 0 Å². The van der Waals surface area contributed by atoms with Crippen molar-refractivity contribution in [3.63, 3.8) is 0 Å². The highest BCUT2D eigenvalue weighted by atomic mass is 19.1. The summed E-state index contributed by atoms with van der Waals surface area (Å²) < 4.78 is 20.5. The minimum absolute atomic E-state index is 0.0828. The topological polar surface area (TPSA) is 90.0 Å². The van der Waals surface area contributed by atoms with Gasteiger partial charge in [-0.1, -0.05) is 43.3 Å². The molecular weight excluding hydrogens is 399 g/mol. The normalized spacial score (nSPS) is 11.3. The standard InChI is InChI=1S/C23H21FN4O3/c1-13(2)22-26-23(31-27-22)17-11-21(30)28(19-7-5-4-6-16(17)19)12-20(29)25-15-9-8-14(3)18(24)10-15/h4-11,13H,12H2,1-3H3,(H,25,29). The summed E-state index contributed by atoms with van der Waals surface area (Å²) in [7, 11) is 0. The number of aryl methyl sites for hydroxylation is 1. The molecule has 0 aliphatic carbocycles. The van der Waals surface area contributed by atoms with Crippen LogP contribution in [0.25, 0.3) is 22.4 Å². The second-order valence-corrected chi connectivity index (χ2v) is 7.62. The molecule has 0 fully saturated rings. The Kier molecular flexibility index (Phi) is 5.37.